The third-order valence-corrected chi connectivity index (χ3v) is 2.92. The molecule has 1 heterocycles. The Morgan fingerprint density at radius 3 is 2.93 bits per heavy atom. The summed E-state index contributed by atoms with van der Waals surface area (Å²) in [6.45, 7) is 2.74. The minimum Gasteiger partial charge on any atom is -0.490 e. The summed E-state index contributed by atoms with van der Waals surface area (Å²) >= 11 is 0. The van der Waals surface area contributed by atoms with Crippen molar-refractivity contribution < 1.29 is 9.47 Å². The van der Waals surface area contributed by atoms with Crippen molar-refractivity contribution in [2.45, 2.75) is 25.4 Å². The van der Waals surface area contributed by atoms with Crippen LogP contribution in [0.15, 0.2) is 24.3 Å². The number of benzene rings is 1. The van der Waals surface area contributed by atoms with Crippen LogP contribution in [0.25, 0.3) is 0 Å². The Balaban J connectivity index is 2.22. The van der Waals surface area contributed by atoms with Gasteiger partial charge in [0.25, 0.3) is 0 Å². The fourth-order valence-electron chi connectivity index (χ4n) is 1.71. The van der Waals surface area contributed by atoms with Gasteiger partial charge in [0.15, 0.2) is 0 Å². The molecule has 14 heavy (non-hydrogen) atoms. The fourth-order valence-corrected chi connectivity index (χ4v) is 1.71. The Kier molecular flexibility index (Phi) is 2.46. The summed E-state index contributed by atoms with van der Waals surface area (Å²) in [6.07, 6.45) is 2.04. The molecule has 2 rings (SSSR count). The van der Waals surface area contributed by atoms with Gasteiger partial charge in [0.1, 0.15) is 12.4 Å². The summed E-state index contributed by atoms with van der Waals surface area (Å²) in [5.41, 5.74) is 1.15. The van der Waals surface area contributed by atoms with E-state index in [1.165, 1.54) is 5.56 Å². The van der Waals surface area contributed by atoms with Crippen molar-refractivity contribution in [1.82, 2.24) is 0 Å². The van der Waals surface area contributed by atoms with Crippen LogP contribution in [0.3, 0.4) is 0 Å². The van der Waals surface area contributed by atoms with Crippen LogP contribution in [0.5, 0.6) is 5.75 Å². The van der Waals surface area contributed by atoms with Crippen molar-refractivity contribution in [3.8, 4) is 5.75 Å². The molecule has 0 spiro atoms. The highest BCUT2D eigenvalue weighted by molar-refractivity contribution is 5.34. The lowest BCUT2D eigenvalue weighted by atomic mass is 9.98. The summed E-state index contributed by atoms with van der Waals surface area (Å²) in [5.74, 6) is 1.01. The smallest absolute Gasteiger partial charge is 0.122 e. The Labute approximate surface area is 84.8 Å². The quantitative estimate of drug-likeness (QED) is 0.680. The second-order valence-corrected chi connectivity index (χ2v) is 4.05. The van der Waals surface area contributed by atoms with E-state index in [1.54, 1.807) is 7.11 Å². The molecule has 0 amide bonds. The molecule has 2 heteroatoms. The van der Waals surface area contributed by atoms with Gasteiger partial charge in [-0.05, 0) is 31.4 Å². The van der Waals surface area contributed by atoms with Crippen LogP contribution in [0.1, 0.15) is 18.9 Å². The normalized spacial score (nSPS) is 26.1. The molecule has 0 N–H and O–H groups in total. The lowest BCUT2D eigenvalue weighted by Gasteiger charge is -2.25. The number of hydrogen-bond acceptors (Lipinski definition) is 2. The van der Waals surface area contributed by atoms with E-state index >= 15 is 0 Å². The van der Waals surface area contributed by atoms with Gasteiger partial charge in [-0.3, -0.25) is 0 Å². The van der Waals surface area contributed by atoms with Crippen molar-refractivity contribution in [2.75, 3.05) is 13.7 Å². The van der Waals surface area contributed by atoms with Crippen molar-refractivity contribution in [2.24, 2.45) is 0 Å². The Morgan fingerprint density at radius 2 is 2.14 bits per heavy atom. The first kappa shape index (κ1) is 9.53. The number of rotatable bonds is 1. The maximum absolute atomic E-state index is 5.73. The first-order valence-corrected chi connectivity index (χ1v) is 4.99. The van der Waals surface area contributed by atoms with Crippen LogP contribution in [-0.2, 0) is 11.2 Å². The zero-order valence-corrected chi connectivity index (χ0v) is 8.75. The maximum atomic E-state index is 5.73. The predicted molar refractivity (Wildman–Crippen MR) is 55.7 cm³/mol. The first-order valence-electron chi connectivity index (χ1n) is 4.99. The minimum absolute atomic E-state index is 0.140. The lowest BCUT2D eigenvalue weighted by Crippen LogP contribution is -2.33. The summed E-state index contributed by atoms with van der Waals surface area (Å²) in [6, 6.07) is 8.21. The minimum atomic E-state index is -0.140. The number of fused-ring (bicyclic) bond motifs is 1. The number of ether oxygens (including phenoxy) is 2. The van der Waals surface area contributed by atoms with Crippen molar-refractivity contribution in [3.05, 3.63) is 29.8 Å². The summed E-state index contributed by atoms with van der Waals surface area (Å²) in [4.78, 5) is 0. The van der Waals surface area contributed by atoms with Gasteiger partial charge in [0.2, 0.25) is 0 Å². The average molecular weight is 192 g/mol. The standard InChI is InChI=1S/C12H16O2/c1-12(13-2)8-7-10-5-3-4-6-11(10)14-9-12/h3-6H,7-9H2,1-2H3. The molecule has 0 aromatic heterocycles. The average Bonchev–Trinajstić information content (AvgIpc) is 2.40. The van der Waals surface area contributed by atoms with Crippen molar-refractivity contribution in [1.29, 1.82) is 0 Å². The van der Waals surface area contributed by atoms with E-state index in [0.717, 1.165) is 18.6 Å². The molecule has 76 valence electrons. The Bertz CT molecular complexity index is 293. The monoisotopic (exact) mass is 192 g/mol. The third kappa shape index (κ3) is 1.75. The van der Waals surface area contributed by atoms with Gasteiger partial charge < -0.3 is 9.47 Å². The Morgan fingerprint density at radius 1 is 1.36 bits per heavy atom. The van der Waals surface area contributed by atoms with Crippen LogP contribution < -0.4 is 4.74 Å². The van der Waals surface area contributed by atoms with E-state index in [4.69, 9.17) is 9.47 Å². The van der Waals surface area contributed by atoms with Gasteiger partial charge in [0, 0.05) is 7.11 Å². The van der Waals surface area contributed by atoms with E-state index in [1.807, 2.05) is 12.1 Å². The maximum Gasteiger partial charge on any atom is 0.122 e. The number of hydrogen-bond donors (Lipinski definition) is 0. The molecule has 1 unspecified atom stereocenters. The third-order valence-electron chi connectivity index (χ3n) is 2.92. The summed E-state index contributed by atoms with van der Waals surface area (Å²) in [7, 11) is 1.75. The fraction of sp³-hybridized carbons (Fsp3) is 0.500. The molecule has 1 aliphatic heterocycles. The number of methoxy groups -OCH3 is 1. The van der Waals surface area contributed by atoms with Crippen molar-refractivity contribution in [3.63, 3.8) is 0 Å². The Hall–Kier alpha value is -1.02. The molecule has 2 nitrogen and oxygen atoms in total. The molecular weight excluding hydrogens is 176 g/mol. The molecule has 1 aromatic rings. The van der Waals surface area contributed by atoms with Crippen LogP contribution in [0.2, 0.25) is 0 Å². The van der Waals surface area contributed by atoms with Crippen LogP contribution in [0.4, 0.5) is 0 Å². The summed E-state index contributed by atoms with van der Waals surface area (Å²) < 4.78 is 11.2. The molecule has 0 fully saturated rings. The van der Waals surface area contributed by atoms with Crippen LogP contribution >= 0.6 is 0 Å². The summed E-state index contributed by atoms with van der Waals surface area (Å²) in [5, 5.41) is 0. The van der Waals surface area contributed by atoms with Gasteiger partial charge in [-0.15, -0.1) is 0 Å². The van der Waals surface area contributed by atoms with Gasteiger partial charge in [-0.25, -0.2) is 0 Å². The van der Waals surface area contributed by atoms with Gasteiger partial charge >= 0.3 is 0 Å². The molecule has 0 saturated heterocycles. The largest absolute Gasteiger partial charge is 0.490 e. The molecule has 0 radical (unpaired) electrons. The highest BCUT2D eigenvalue weighted by Crippen LogP contribution is 2.28. The predicted octanol–water partition coefficient (Wildman–Crippen LogP) is 2.42. The zero-order chi connectivity index (χ0) is 10.0. The highest BCUT2D eigenvalue weighted by Gasteiger charge is 2.27. The molecule has 1 aliphatic rings. The van der Waals surface area contributed by atoms with Crippen LogP contribution in [0, 0.1) is 0 Å². The van der Waals surface area contributed by atoms with Gasteiger partial charge in [0.05, 0.1) is 5.60 Å². The second kappa shape index (κ2) is 3.62. The first-order chi connectivity index (χ1) is 6.73. The number of aryl methyl sites for hydroxylation is 1. The molecule has 0 bridgehead atoms. The second-order valence-electron chi connectivity index (χ2n) is 4.05. The molecule has 0 aliphatic carbocycles. The molecule has 1 atom stereocenters. The molecule has 0 saturated carbocycles. The highest BCUT2D eigenvalue weighted by atomic mass is 16.5. The lowest BCUT2D eigenvalue weighted by molar-refractivity contribution is -0.0309. The van der Waals surface area contributed by atoms with E-state index in [9.17, 15) is 0 Å². The topological polar surface area (TPSA) is 18.5 Å². The van der Waals surface area contributed by atoms with E-state index in [-0.39, 0.29) is 5.60 Å². The number of para-hydroxylation sites is 1. The van der Waals surface area contributed by atoms with E-state index in [0.29, 0.717) is 6.61 Å². The molecular formula is C12H16O2. The zero-order valence-electron chi connectivity index (χ0n) is 8.75. The van der Waals surface area contributed by atoms with Gasteiger partial charge in [-0.2, -0.15) is 0 Å². The van der Waals surface area contributed by atoms with Crippen LogP contribution in [-0.4, -0.2) is 19.3 Å². The van der Waals surface area contributed by atoms with E-state index < -0.39 is 0 Å². The van der Waals surface area contributed by atoms with Crippen molar-refractivity contribution >= 4 is 0 Å². The van der Waals surface area contributed by atoms with Gasteiger partial charge in [-0.1, -0.05) is 18.2 Å². The SMILES string of the molecule is COC1(C)CCc2ccccc2OC1. The van der Waals surface area contributed by atoms with E-state index in [2.05, 4.69) is 19.1 Å². The molecule has 1 aromatic carbocycles.